The highest BCUT2D eigenvalue weighted by Crippen LogP contribution is 2.12. The van der Waals surface area contributed by atoms with Gasteiger partial charge in [0.15, 0.2) is 5.96 Å². The van der Waals surface area contributed by atoms with Crippen LogP contribution in [-0.4, -0.2) is 47.0 Å². The molecule has 0 aliphatic rings. The standard InChI is InChI=1S/C18H24F2N6O/c1-4-21-18(24-12-15-22-9-10-26(15)17(19)20)23-11-13-5-7-14(8-6-13)16(27)25(2)3/h5-10,17H,4,11-12H2,1-3H3,(H2,21,23,24). The van der Waals surface area contributed by atoms with Gasteiger partial charge in [-0.05, 0) is 24.6 Å². The molecule has 1 aromatic carbocycles. The first-order chi connectivity index (χ1) is 12.9. The predicted molar refractivity (Wildman–Crippen MR) is 99.6 cm³/mol. The van der Waals surface area contributed by atoms with Crippen molar-refractivity contribution in [1.82, 2.24) is 25.1 Å². The van der Waals surface area contributed by atoms with Crippen LogP contribution in [0.2, 0.25) is 0 Å². The molecule has 0 aliphatic carbocycles. The van der Waals surface area contributed by atoms with Crippen molar-refractivity contribution in [2.24, 2.45) is 4.99 Å². The van der Waals surface area contributed by atoms with Crippen LogP contribution in [0, 0.1) is 0 Å². The zero-order chi connectivity index (χ0) is 19.8. The summed E-state index contributed by atoms with van der Waals surface area (Å²) in [5, 5.41) is 6.06. The largest absolute Gasteiger partial charge is 0.357 e. The lowest BCUT2D eigenvalue weighted by Crippen LogP contribution is -2.37. The van der Waals surface area contributed by atoms with Crippen molar-refractivity contribution in [3.05, 3.63) is 53.6 Å². The summed E-state index contributed by atoms with van der Waals surface area (Å²) in [7, 11) is 3.41. The Hall–Kier alpha value is -2.97. The Balaban J connectivity index is 2.00. The van der Waals surface area contributed by atoms with Gasteiger partial charge in [0.05, 0.1) is 13.1 Å². The van der Waals surface area contributed by atoms with E-state index in [1.807, 2.05) is 19.1 Å². The first-order valence-corrected chi connectivity index (χ1v) is 8.55. The lowest BCUT2D eigenvalue weighted by molar-refractivity contribution is 0.0668. The Kier molecular flexibility index (Phi) is 7.27. The summed E-state index contributed by atoms with van der Waals surface area (Å²) in [4.78, 5) is 21.8. The molecule has 0 radical (unpaired) electrons. The average Bonchev–Trinajstić information content (AvgIpc) is 3.12. The molecule has 0 bridgehead atoms. The van der Waals surface area contributed by atoms with E-state index >= 15 is 0 Å². The lowest BCUT2D eigenvalue weighted by atomic mass is 10.1. The number of hydrogen-bond donors (Lipinski definition) is 2. The quantitative estimate of drug-likeness (QED) is 0.572. The minimum Gasteiger partial charge on any atom is -0.357 e. The maximum Gasteiger partial charge on any atom is 0.319 e. The molecule has 2 aromatic rings. The Morgan fingerprint density at radius 1 is 1.26 bits per heavy atom. The van der Waals surface area contributed by atoms with Gasteiger partial charge in [-0.2, -0.15) is 8.78 Å². The minimum absolute atomic E-state index is 0.0606. The van der Waals surface area contributed by atoms with Gasteiger partial charge in [0.25, 0.3) is 5.91 Å². The Morgan fingerprint density at radius 2 is 1.96 bits per heavy atom. The summed E-state index contributed by atoms with van der Waals surface area (Å²) in [5.41, 5.74) is 1.54. The molecular formula is C18H24F2N6O. The molecule has 0 unspecified atom stereocenters. The number of aliphatic imine (C=N–C) groups is 1. The van der Waals surface area contributed by atoms with E-state index < -0.39 is 6.55 Å². The van der Waals surface area contributed by atoms with E-state index in [0.29, 0.717) is 24.6 Å². The zero-order valence-electron chi connectivity index (χ0n) is 15.6. The van der Waals surface area contributed by atoms with Gasteiger partial charge in [-0.25, -0.2) is 9.98 Å². The monoisotopic (exact) mass is 378 g/mol. The third kappa shape index (κ3) is 5.77. The summed E-state index contributed by atoms with van der Waals surface area (Å²) in [5.74, 6) is 0.659. The number of carbonyl (C=O) groups excluding carboxylic acids is 1. The maximum atomic E-state index is 12.9. The molecule has 9 heteroatoms. The van der Waals surface area contributed by atoms with Crippen molar-refractivity contribution in [3.63, 3.8) is 0 Å². The van der Waals surface area contributed by atoms with Crippen LogP contribution in [0.4, 0.5) is 8.78 Å². The number of carbonyl (C=O) groups is 1. The molecule has 27 heavy (non-hydrogen) atoms. The van der Waals surface area contributed by atoms with Crippen molar-refractivity contribution in [1.29, 1.82) is 0 Å². The average molecular weight is 378 g/mol. The van der Waals surface area contributed by atoms with E-state index in [9.17, 15) is 13.6 Å². The third-order valence-corrected chi connectivity index (χ3v) is 3.74. The highest BCUT2D eigenvalue weighted by atomic mass is 19.3. The zero-order valence-corrected chi connectivity index (χ0v) is 15.6. The van der Waals surface area contributed by atoms with Gasteiger partial charge >= 0.3 is 6.55 Å². The molecule has 2 rings (SSSR count). The van der Waals surface area contributed by atoms with E-state index in [0.717, 1.165) is 10.1 Å². The van der Waals surface area contributed by atoms with E-state index in [2.05, 4.69) is 20.6 Å². The number of rotatable bonds is 7. The van der Waals surface area contributed by atoms with E-state index in [-0.39, 0.29) is 18.3 Å². The van der Waals surface area contributed by atoms with Crippen LogP contribution in [-0.2, 0) is 13.1 Å². The van der Waals surface area contributed by atoms with E-state index in [4.69, 9.17) is 0 Å². The molecule has 0 saturated carbocycles. The number of benzene rings is 1. The predicted octanol–water partition coefficient (Wildman–Crippen LogP) is 2.24. The third-order valence-electron chi connectivity index (χ3n) is 3.74. The topological polar surface area (TPSA) is 74.6 Å². The van der Waals surface area contributed by atoms with Gasteiger partial charge in [-0.3, -0.25) is 9.36 Å². The van der Waals surface area contributed by atoms with Crippen molar-refractivity contribution >= 4 is 11.9 Å². The summed E-state index contributed by atoms with van der Waals surface area (Å²) >= 11 is 0. The number of aromatic nitrogens is 2. The SMILES string of the molecule is CCNC(=NCc1ccc(C(=O)N(C)C)cc1)NCc1nccn1C(F)F. The molecule has 0 aliphatic heterocycles. The fourth-order valence-electron chi connectivity index (χ4n) is 2.34. The van der Waals surface area contributed by atoms with Crippen LogP contribution in [0.3, 0.4) is 0 Å². The second-order valence-electron chi connectivity index (χ2n) is 5.97. The smallest absolute Gasteiger partial charge is 0.319 e. The Morgan fingerprint density at radius 3 is 2.56 bits per heavy atom. The van der Waals surface area contributed by atoms with Crippen LogP contribution in [0.1, 0.15) is 35.2 Å². The van der Waals surface area contributed by atoms with Crippen LogP contribution >= 0.6 is 0 Å². The highest BCUT2D eigenvalue weighted by Gasteiger charge is 2.11. The second kappa shape index (κ2) is 9.65. The molecule has 0 atom stereocenters. The second-order valence-corrected chi connectivity index (χ2v) is 5.97. The van der Waals surface area contributed by atoms with Gasteiger partial charge in [0, 0.05) is 38.6 Å². The highest BCUT2D eigenvalue weighted by molar-refractivity contribution is 5.93. The molecule has 7 nitrogen and oxygen atoms in total. The van der Waals surface area contributed by atoms with E-state index in [1.165, 1.54) is 17.3 Å². The number of amides is 1. The fourth-order valence-corrected chi connectivity index (χ4v) is 2.34. The summed E-state index contributed by atoms with van der Waals surface area (Å²) in [6.07, 6.45) is 2.58. The van der Waals surface area contributed by atoms with E-state index in [1.54, 1.807) is 26.2 Å². The molecule has 1 aromatic heterocycles. The van der Waals surface area contributed by atoms with Gasteiger partial charge in [-0.15, -0.1) is 0 Å². The summed E-state index contributed by atoms with van der Waals surface area (Å²) < 4.78 is 26.5. The van der Waals surface area contributed by atoms with Gasteiger partial charge in [0.2, 0.25) is 0 Å². The molecule has 0 saturated heterocycles. The molecular weight excluding hydrogens is 354 g/mol. The molecule has 1 heterocycles. The molecule has 1 amide bonds. The maximum absolute atomic E-state index is 12.9. The Bertz CT molecular complexity index is 770. The Labute approximate surface area is 157 Å². The molecule has 0 spiro atoms. The summed E-state index contributed by atoms with van der Waals surface area (Å²) in [6, 6.07) is 7.20. The van der Waals surface area contributed by atoms with Crippen molar-refractivity contribution in [3.8, 4) is 0 Å². The lowest BCUT2D eigenvalue weighted by Gasteiger charge is -2.12. The van der Waals surface area contributed by atoms with Crippen LogP contribution in [0.5, 0.6) is 0 Å². The molecule has 146 valence electrons. The normalized spacial score (nSPS) is 11.6. The number of guanidine groups is 1. The molecule has 0 fully saturated rings. The fraction of sp³-hybridized carbons (Fsp3) is 0.389. The number of nitrogens with one attached hydrogen (secondary N) is 2. The number of hydrogen-bond acceptors (Lipinski definition) is 3. The first-order valence-electron chi connectivity index (χ1n) is 8.55. The molecule has 2 N–H and O–H groups in total. The van der Waals surface area contributed by atoms with Crippen molar-refractivity contribution < 1.29 is 13.6 Å². The first kappa shape index (κ1) is 20.3. The van der Waals surface area contributed by atoms with Gasteiger partial charge < -0.3 is 15.5 Å². The van der Waals surface area contributed by atoms with Crippen LogP contribution < -0.4 is 10.6 Å². The van der Waals surface area contributed by atoms with Crippen LogP contribution in [0.25, 0.3) is 0 Å². The number of imidazole rings is 1. The van der Waals surface area contributed by atoms with Crippen molar-refractivity contribution in [2.45, 2.75) is 26.6 Å². The number of halogens is 2. The number of alkyl halides is 2. The van der Waals surface area contributed by atoms with Gasteiger partial charge in [-0.1, -0.05) is 12.1 Å². The van der Waals surface area contributed by atoms with Crippen LogP contribution in [0.15, 0.2) is 41.7 Å². The number of nitrogens with zero attached hydrogens (tertiary/aromatic N) is 4. The van der Waals surface area contributed by atoms with Crippen molar-refractivity contribution in [2.75, 3.05) is 20.6 Å². The van der Waals surface area contributed by atoms with Gasteiger partial charge in [0.1, 0.15) is 5.82 Å². The summed E-state index contributed by atoms with van der Waals surface area (Å²) in [6.45, 7) is 0.422. The minimum atomic E-state index is -2.63.